The number of nitrogens with zero attached hydrogens (tertiary/aromatic N) is 2. The van der Waals surface area contributed by atoms with E-state index in [9.17, 15) is 13.2 Å². The number of sulfonamides is 1. The average Bonchev–Trinajstić information content (AvgIpc) is 3.29. The number of fused-ring (bicyclic) bond motifs is 1. The van der Waals surface area contributed by atoms with Gasteiger partial charge in [0.05, 0.1) is 24.4 Å². The molecule has 0 aromatic carbocycles. The lowest BCUT2D eigenvalue weighted by Gasteiger charge is -2.41. The summed E-state index contributed by atoms with van der Waals surface area (Å²) >= 11 is 0. The molecule has 5 unspecified atom stereocenters. The van der Waals surface area contributed by atoms with Crippen LogP contribution in [0.3, 0.4) is 0 Å². The van der Waals surface area contributed by atoms with Crippen LogP contribution >= 0.6 is 0 Å². The van der Waals surface area contributed by atoms with Crippen molar-refractivity contribution in [2.24, 2.45) is 11.8 Å². The van der Waals surface area contributed by atoms with E-state index >= 15 is 0 Å². The van der Waals surface area contributed by atoms with Gasteiger partial charge in [-0.1, -0.05) is 11.8 Å². The standard InChI is InChI=1S/C23H36N4O4S/c1-16-12-18(31-24-16)15-27-14-17(6-5-11-26(3)4)20-8-7-19(13-21(20)22(27)28)32(29,30)25-23(2)9-10-23/h14,16,18-21,24-25H,7-13,15H2,1-4H3. The van der Waals surface area contributed by atoms with Crippen molar-refractivity contribution in [1.82, 2.24) is 20.0 Å². The molecule has 9 heteroatoms. The second kappa shape index (κ2) is 9.07. The van der Waals surface area contributed by atoms with Crippen molar-refractivity contribution in [3.05, 3.63) is 11.8 Å². The predicted octanol–water partition coefficient (Wildman–Crippen LogP) is 1.22. The van der Waals surface area contributed by atoms with E-state index < -0.39 is 15.3 Å². The molecule has 0 aromatic heterocycles. The fourth-order valence-electron chi connectivity index (χ4n) is 4.92. The highest BCUT2D eigenvalue weighted by Crippen LogP contribution is 2.43. The third kappa shape index (κ3) is 5.37. The quantitative estimate of drug-likeness (QED) is 0.575. The Bertz CT molecular complexity index is 931. The minimum atomic E-state index is -3.46. The zero-order chi connectivity index (χ0) is 23.1. The SMILES string of the molecule is CC1CC(CN2C=C(C#CCN(C)C)C3CCC(S(=O)(=O)NC4(C)CC4)CC3C2=O)ON1. The molecular weight excluding hydrogens is 428 g/mol. The minimum absolute atomic E-state index is 0.00570. The average molecular weight is 465 g/mol. The van der Waals surface area contributed by atoms with E-state index in [1.54, 1.807) is 4.90 Å². The molecule has 2 aliphatic heterocycles. The smallest absolute Gasteiger partial charge is 0.230 e. The van der Waals surface area contributed by atoms with Crippen molar-refractivity contribution in [2.75, 3.05) is 27.2 Å². The fourth-order valence-corrected chi connectivity index (χ4v) is 6.88. The maximum atomic E-state index is 13.5. The lowest BCUT2D eigenvalue weighted by molar-refractivity contribution is -0.138. The molecule has 0 radical (unpaired) electrons. The van der Waals surface area contributed by atoms with Gasteiger partial charge < -0.3 is 4.90 Å². The van der Waals surface area contributed by atoms with Gasteiger partial charge in [0, 0.05) is 35.2 Å². The van der Waals surface area contributed by atoms with Gasteiger partial charge in [-0.3, -0.25) is 14.5 Å². The largest absolute Gasteiger partial charge is 0.315 e. The van der Waals surface area contributed by atoms with Crippen molar-refractivity contribution in [1.29, 1.82) is 0 Å². The summed E-state index contributed by atoms with van der Waals surface area (Å²) in [6.45, 7) is 5.08. The number of nitrogens with one attached hydrogen (secondary N) is 2. The number of hydrogen-bond acceptors (Lipinski definition) is 6. The molecule has 4 aliphatic rings. The summed E-state index contributed by atoms with van der Waals surface area (Å²) in [6.07, 6.45) is 5.94. The van der Waals surface area contributed by atoms with Crippen molar-refractivity contribution in [2.45, 2.75) is 75.3 Å². The maximum Gasteiger partial charge on any atom is 0.230 e. The summed E-state index contributed by atoms with van der Waals surface area (Å²) in [5, 5.41) is -0.537. The maximum absolute atomic E-state index is 13.5. The highest BCUT2D eigenvalue weighted by Gasteiger charge is 2.48. The molecule has 3 fully saturated rings. The van der Waals surface area contributed by atoms with Crippen LogP contribution in [-0.2, 0) is 19.7 Å². The lowest BCUT2D eigenvalue weighted by atomic mass is 9.73. The molecule has 5 atom stereocenters. The van der Waals surface area contributed by atoms with Crippen LogP contribution in [0.5, 0.6) is 0 Å². The Kier molecular flexibility index (Phi) is 6.72. The van der Waals surface area contributed by atoms with E-state index in [4.69, 9.17) is 4.84 Å². The van der Waals surface area contributed by atoms with Gasteiger partial charge in [0.1, 0.15) is 0 Å². The number of hydroxylamine groups is 1. The summed E-state index contributed by atoms with van der Waals surface area (Å²) in [5.74, 6) is 6.11. The van der Waals surface area contributed by atoms with Crippen LogP contribution < -0.4 is 10.2 Å². The van der Waals surface area contributed by atoms with Crippen molar-refractivity contribution in [3.8, 4) is 11.8 Å². The van der Waals surface area contributed by atoms with Gasteiger partial charge in [-0.2, -0.15) is 5.48 Å². The Morgan fingerprint density at radius 1 is 1.28 bits per heavy atom. The van der Waals surface area contributed by atoms with E-state index in [-0.39, 0.29) is 35.4 Å². The summed E-state index contributed by atoms with van der Waals surface area (Å²) in [7, 11) is 0.477. The minimum Gasteiger partial charge on any atom is -0.315 e. The van der Waals surface area contributed by atoms with E-state index in [1.165, 1.54) is 0 Å². The third-order valence-corrected chi connectivity index (χ3v) is 9.09. The molecule has 2 saturated carbocycles. The molecule has 0 aromatic rings. The second-order valence-electron chi connectivity index (χ2n) is 10.5. The normalized spacial score (nSPS) is 34.0. The van der Waals surface area contributed by atoms with E-state index in [2.05, 4.69) is 22.0 Å². The van der Waals surface area contributed by atoms with Crippen LogP contribution in [-0.4, -0.2) is 74.2 Å². The number of carbonyl (C=O) groups is 1. The molecule has 4 rings (SSSR count). The van der Waals surface area contributed by atoms with Gasteiger partial charge in [-0.05, 0) is 66.5 Å². The van der Waals surface area contributed by atoms with Gasteiger partial charge >= 0.3 is 0 Å². The number of amides is 1. The molecule has 0 spiro atoms. The van der Waals surface area contributed by atoms with Gasteiger partial charge in [0.2, 0.25) is 15.9 Å². The van der Waals surface area contributed by atoms with E-state index in [0.29, 0.717) is 32.4 Å². The molecule has 32 heavy (non-hydrogen) atoms. The molecular formula is C23H36N4O4S. The first-order chi connectivity index (χ1) is 15.1. The van der Waals surface area contributed by atoms with Crippen LogP contribution in [0.25, 0.3) is 0 Å². The Hall–Kier alpha value is -1.44. The first kappa shape index (κ1) is 23.7. The summed E-state index contributed by atoms with van der Waals surface area (Å²) in [6, 6.07) is 0.245. The Morgan fingerprint density at radius 3 is 2.66 bits per heavy atom. The first-order valence-corrected chi connectivity index (χ1v) is 13.2. The predicted molar refractivity (Wildman–Crippen MR) is 123 cm³/mol. The highest BCUT2D eigenvalue weighted by molar-refractivity contribution is 7.90. The number of allylic oxidation sites excluding steroid dienone is 1. The number of carbonyl (C=O) groups excluding carboxylic acids is 1. The zero-order valence-corrected chi connectivity index (χ0v) is 20.4. The molecule has 1 saturated heterocycles. The van der Waals surface area contributed by atoms with Crippen LogP contribution in [0, 0.1) is 23.7 Å². The Balaban J connectivity index is 1.54. The zero-order valence-electron chi connectivity index (χ0n) is 19.6. The summed E-state index contributed by atoms with van der Waals surface area (Å²) in [4.78, 5) is 22.8. The van der Waals surface area contributed by atoms with Gasteiger partial charge in [-0.15, -0.1) is 0 Å². The number of rotatable bonds is 6. The number of hydrogen-bond donors (Lipinski definition) is 2. The Labute approximate surface area is 192 Å². The first-order valence-electron chi connectivity index (χ1n) is 11.7. The molecule has 2 N–H and O–H groups in total. The second-order valence-corrected chi connectivity index (χ2v) is 12.4. The molecule has 0 bridgehead atoms. The third-order valence-electron chi connectivity index (χ3n) is 7.01. The highest BCUT2D eigenvalue weighted by atomic mass is 32.2. The van der Waals surface area contributed by atoms with Crippen LogP contribution in [0.1, 0.15) is 52.4 Å². The van der Waals surface area contributed by atoms with Crippen molar-refractivity contribution < 1.29 is 18.0 Å². The van der Waals surface area contributed by atoms with Crippen LogP contribution in [0.4, 0.5) is 0 Å². The van der Waals surface area contributed by atoms with E-state index in [0.717, 1.165) is 24.8 Å². The van der Waals surface area contributed by atoms with Crippen LogP contribution in [0.15, 0.2) is 11.8 Å². The summed E-state index contributed by atoms with van der Waals surface area (Å²) in [5.41, 5.74) is 3.60. The fraction of sp³-hybridized carbons (Fsp3) is 0.783. The molecule has 2 aliphatic carbocycles. The molecule has 1 amide bonds. The molecule has 178 valence electrons. The summed E-state index contributed by atoms with van der Waals surface area (Å²) < 4.78 is 29.0. The van der Waals surface area contributed by atoms with Gasteiger partial charge in [0.25, 0.3) is 0 Å². The molecule has 2 heterocycles. The Morgan fingerprint density at radius 2 is 2.03 bits per heavy atom. The van der Waals surface area contributed by atoms with Crippen molar-refractivity contribution in [3.63, 3.8) is 0 Å². The topological polar surface area (TPSA) is 91.0 Å². The van der Waals surface area contributed by atoms with Gasteiger partial charge in [0.15, 0.2) is 0 Å². The van der Waals surface area contributed by atoms with Gasteiger partial charge in [-0.25, -0.2) is 13.1 Å². The molecule has 8 nitrogen and oxygen atoms in total. The monoisotopic (exact) mass is 464 g/mol. The van der Waals surface area contributed by atoms with Crippen LogP contribution in [0.2, 0.25) is 0 Å². The lowest BCUT2D eigenvalue weighted by Crippen LogP contribution is -2.50. The van der Waals surface area contributed by atoms with Crippen molar-refractivity contribution >= 4 is 15.9 Å². The van der Waals surface area contributed by atoms with E-state index in [1.807, 2.05) is 39.0 Å².